The van der Waals surface area contributed by atoms with Gasteiger partial charge in [0.1, 0.15) is 0 Å². The van der Waals surface area contributed by atoms with Crippen molar-refractivity contribution in [3.8, 4) is 0 Å². The summed E-state index contributed by atoms with van der Waals surface area (Å²) in [4.78, 5) is 4.09. The molecule has 0 fully saturated rings. The van der Waals surface area contributed by atoms with Gasteiger partial charge in [-0.3, -0.25) is 4.99 Å². The molecule has 21 heavy (non-hydrogen) atoms. The molecule has 0 saturated heterocycles. The van der Waals surface area contributed by atoms with Crippen LogP contribution in [0.25, 0.3) is 0 Å². The molecule has 8 heteroatoms. The molecule has 0 aliphatic carbocycles. The SMILES string of the molecule is CCS(=O)(=O)NCCNC(=NC)NCCCCC(C)C.I. The second-order valence-electron chi connectivity index (χ2n) is 5.11. The van der Waals surface area contributed by atoms with Crippen molar-refractivity contribution >= 4 is 40.0 Å². The molecule has 0 saturated carbocycles. The number of nitrogens with one attached hydrogen (secondary N) is 3. The minimum Gasteiger partial charge on any atom is -0.356 e. The molecule has 0 heterocycles. The third kappa shape index (κ3) is 14.6. The molecule has 0 aromatic carbocycles. The highest BCUT2D eigenvalue weighted by Gasteiger charge is 2.04. The Balaban J connectivity index is 0. The highest BCUT2D eigenvalue weighted by molar-refractivity contribution is 14.0. The summed E-state index contributed by atoms with van der Waals surface area (Å²) in [6.45, 7) is 7.84. The van der Waals surface area contributed by atoms with Crippen molar-refractivity contribution in [2.75, 3.05) is 32.4 Å². The Morgan fingerprint density at radius 2 is 1.71 bits per heavy atom. The molecule has 0 unspecified atom stereocenters. The van der Waals surface area contributed by atoms with Crippen molar-refractivity contribution in [1.82, 2.24) is 15.4 Å². The second-order valence-corrected chi connectivity index (χ2v) is 7.21. The molecule has 0 atom stereocenters. The lowest BCUT2D eigenvalue weighted by molar-refractivity contribution is 0.534. The molecule has 0 radical (unpaired) electrons. The molecule has 3 N–H and O–H groups in total. The highest BCUT2D eigenvalue weighted by atomic mass is 127. The summed E-state index contributed by atoms with van der Waals surface area (Å²) in [5.41, 5.74) is 0. The Morgan fingerprint density at radius 1 is 1.10 bits per heavy atom. The molecule has 6 nitrogen and oxygen atoms in total. The van der Waals surface area contributed by atoms with Crippen LogP contribution < -0.4 is 15.4 Å². The number of hydrogen-bond acceptors (Lipinski definition) is 3. The number of hydrogen-bond donors (Lipinski definition) is 3. The summed E-state index contributed by atoms with van der Waals surface area (Å²) in [7, 11) is -1.40. The fourth-order valence-electron chi connectivity index (χ4n) is 1.59. The Morgan fingerprint density at radius 3 is 2.24 bits per heavy atom. The zero-order valence-corrected chi connectivity index (χ0v) is 16.8. The van der Waals surface area contributed by atoms with E-state index in [9.17, 15) is 8.42 Å². The first-order valence-corrected chi connectivity index (χ1v) is 8.98. The molecular formula is C13H31IN4O2S. The summed E-state index contributed by atoms with van der Waals surface area (Å²) >= 11 is 0. The van der Waals surface area contributed by atoms with Gasteiger partial charge < -0.3 is 10.6 Å². The Bertz CT molecular complexity index is 372. The zero-order valence-electron chi connectivity index (χ0n) is 13.6. The number of rotatable bonds is 10. The van der Waals surface area contributed by atoms with E-state index in [1.54, 1.807) is 14.0 Å². The van der Waals surface area contributed by atoms with E-state index in [2.05, 4.69) is 34.2 Å². The monoisotopic (exact) mass is 434 g/mol. The smallest absolute Gasteiger partial charge is 0.211 e. The normalized spacial score (nSPS) is 12.1. The number of sulfonamides is 1. The van der Waals surface area contributed by atoms with Crippen LogP contribution in [0.5, 0.6) is 0 Å². The lowest BCUT2D eigenvalue weighted by Crippen LogP contribution is -2.42. The van der Waals surface area contributed by atoms with Crippen LogP contribution in [0.3, 0.4) is 0 Å². The van der Waals surface area contributed by atoms with Crippen molar-refractivity contribution < 1.29 is 8.42 Å². The van der Waals surface area contributed by atoms with Crippen LogP contribution in [0.15, 0.2) is 4.99 Å². The molecule has 0 aromatic heterocycles. The van der Waals surface area contributed by atoms with Crippen LogP contribution in [0.2, 0.25) is 0 Å². The van der Waals surface area contributed by atoms with Crippen LogP contribution in [-0.2, 0) is 10.0 Å². The van der Waals surface area contributed by atoms with Crippen LogP contribution in [0.1, 0.15) is 40.0 Å². The van der Waals surface area contributed by atoms with E-state index < -0.39 is 10.0 Å². The molecular weight excluding hydrogens is 403 g/mol. The Labute approximate surface area is 147 Å². The van der Waals surface area contributed by atoms with E-state index in [-0.39, 0.29) is 29.7 Å². The van der Waals surface area contributed by atoms with Crippen LogP contribution in [0.4, 0.5) is 0 Å². The van der Waals surface area contributed by atoms with E-state index in [0.717, 1.165) is 18.9 Å². The average Bonchev–Trinajstić information content (AvgIpc) is 2.40. The second kappa shape index (κ2) is 13.6. The molecule has 0 aliphatic rings. The van der Waals surface area contributed by atoms with Gasteiger partial charge in [-0.05, 0) is 19.3 Å². The maximum Gasteiger partial charge on any atom is 0.211 e. The Hall–Kier alpha value is -0.0900. The van der Waals surface area contributed by atoms with Crippen molar-refractivity contribution in [2.24, 2.45) is 10.9 Å². The topological polar surface area (TPSA) is 82.6 Å². The maximum absolute atomic E-state index is 11.2. The fraction of sp³-hybridized carbons (Fsp3) is 0.923. The lowest BCUT2D eigenvalue weighted by Gasteiger charge is -2.12. The van der Waals surface area contributed by atoms with Crippen LogP contribution in [-0.4, -0.2) is 46.8 Å². The van der Waals surface area contributed by atoms with Crippen molar-refractivity contribution in [1.29, 1.82) is 0 Å². The predicted molar refractivity (Wildman–Crippen MR) is 101 cm³/mol. The first-order chi connectivity index (χ1) is 9.41. The van der Waals surface area contributed by atoms with E-state index in [0.29, 0.717) is 19.0 Å². The van der Waals surface area contributed by atoms with E-state index in [4.69, 9.17) is 0 Å². The van der Waals surface area contributed by atoms with Gasteiger partial charge in [0, 0.05) is 26.7 Å². The fourth-order valence-corrected chi connectivity index (χ4v) is 2.21. The standard InChI is InChI=1S/C13H30N4O2S.HI/c1-5-20(18,19)17-11-10-16-13(14-4)15-9-7-6-8-12(2)3;/h12,17H,5-11H2,1-4H3,(H2,14,15,16);1H. The van der Waals surface area contributed by atoms with Crippen LogP contribution >= 0.6 is 24.0 Å². The van der Waals surface area contributed by atoms with Gasteiger partial charge in [-0.15, -0.1) is 24.0 Å². The summed E-state index contributed by atoms with van der Waals surface area (Å²) in [5.74, 6) is 1.57. The number of nitrogens with zero attached hydrogens (tertiary/aromatic N) is 1. The third-order valence-corrected chi connectivity index (χ3v) is 4.25. The minimum absolute atomic E-state index is 0. The first kappa shape index (κ1) is 23.2. The van der Waals surface area contributed by atoms with Gasteiger partial charge in [0.15, 0.2) is 5.96 Å². The minimum atomic E-state index is -3.11. The maximum atomic E-state index is 11.2. The van der Waals surface area contributed by atoms with E-state index >= 15 is 0 Å². The van der Waals surface area contributed by atoms with Crippen LogP contribution in [0, 0.1) is 5.92 Å². The van der Waals surface area contributed by atoms with Gasteiger partial charge in [-0.25, -0.2) is 13.1 Å². The highest BCUT2D eigenvalue weighted by Crippen LogP contribution is 2.04. The third-order valence-electron chi connectivity index (χ3n) is 2.84. The number of unbranched alkanes of at least 4 members (excludes halogenated alkanes) is 1. The molecule has 0 spiro atoms. The zero-order chi connectivity index (χ0) is 15.4. The molecule has 0 rings (SSSR count). The van der Waals surface area contributed by atoms with Gasteiger partial charge in [-0.1, -0.05) is 26.7 Å². The van der Waals surface area contributed by atoms with Gasteiger partial charge in [0.05, 0.1) is 5.75 Å². The van der Waals surface area contributed by atoms with Crippen molar-refractivity contribution in [2.45, 2.75) is 40.0 Å². The summed E-state index contributed by atoms with van der Waals surface area (Å²) < 4.78 is 25.0. The average molecular weight is 434 g/mol. The van der Waals surface area contributed by atoms with E-state index in [1.165, 1.54) is 12.8 Å². The first-order valence-electron chi connectivity index (χ1n) is 7.33. The van der Waals surface area contributed by atoms with E-state index in [1.807, 2.05) is 0 Å². The van der Waals surface area contributed by atoms with Crippen molar-refractivity contribution in [3.05, 3.63) is 0 Å². The molecule has 0 bridgehead atoms. The van der Waals surface area contributed by atoms with Gasteiger partial charge in [0.2, 0.25) is 10.0 Å². The largest absolute Gasteiger partial charge is 0.356 e. The number of aliphatic imine (C=N–C) groups is 1. The number of guanidine groups is 1. The molecule has 0 aliphatic heterocycles. The lowest BCUT2D eigenvalue weighted by atomic mass is 10.1. The summed E-state index contributed by atoms with van der Waals surface area (Å²) in [5, 5.41) is 6.29. The predicted octanol–water partition coefficient (Wildman–Crippen LogP) is 1.53. The number of halogens is 1. The molecule has 0 aromatic rings. The van der Waals surface area contributed by atoms with Gasteiger partial charge in [0.25, 0.3) is 0 Å². The summed E-state index contributed by atoms with van der Waals surface area (Å²) in [6, 6.07) is 0. The van der Waals surface area contributed by atoms with Gasteiger partial charge in [-0.2, -0.15) is 0 Å². The Kier molecular flexibility index (Phi) is 15.0. The van der Waals surface area contributed by atoms with Gasteiger partial charge >= 0.3 is 0 Å². The summed E-state index contributed by atoms with van der Waals surface area (Å²) in [6.07, 6.45) is 3.56. The quantitative estimate of drug-likeness (QED) is 0.211. The molecule has 128 valence electrons. The van der Waals surface area contributed by atoms with Crippen molar-refractivity contribution in [3.63, 3.8) is 0 Å². The molecule has 0 amide bonds.